The number of nitrogen functional groups attached to an aromatic ring is 1. The summed E-state index contributed by atoms with van der Waals surface area (Å²) in [5.74, 6) is 6.55. The first-order valence-corrected chi connectivity index (χ1v) is 5.96. The molecule has 1 amide bonds. The van der Waals surface area contributed by atoms with Crippen LogP contribution in [-0.4, -0.2) is 28.9 Å². The number of rotatable bonds is 5. The molecule has 3 N–H and O–H groups in total. The maximum atomic E-state index is 12.2. The van der Waals surface area contributed by atoms with Crippen molar-refractivity contribution in [1.82, 2.24) is 9.88 Å². The Morgan fingerprint density at radius 3 is 3.00 bits per heavy atom. The van der Waals surface area contributed by atoms with Crippen LogP contribution in [0.2, 0.25) is 0 Å². The van der Waals surface area contributed by atoms with Crippen LogP contribution in [0.1, 0.15) is 30.1 Å². The quantitative estimate of drug-likeness (QED) is 0.594. The molecule has 0 spiro atoms. The molecule has 1 saturated carbocycles. The van der Waals surface area contributed by atoms with Crippen molar-refractivity contribution in [2.75, 3.05) is 18.5 Å². The standard InChI is InChI=1S/C12H18N4O/c1-2-16(8-9-3-4-9)12(17)10-5-6-14-11(7-10)15-13/h5-7,9H,2-4,8,13H2,1H3,(H,14,15). The maximum Gasteiger partial charge on any atom is 0.254 e. The molecule has 0 atom stereocenters. The molecule has 1 aromatic heterocycles. The highest BCUT2D eigenvalue weighted by Gasteiger charge is 2.26. The average Bonchev–Trinajstić information content (AvgIpc) is 3.19. The van der Waals surface area contributed by atoms with Crippen molar-refractivity contribution in [3.05, 3.63) is 23.9 Å². The van der Waals surface area contributed by atoms with Gasteiger partial charge in [-0.1, -0.05) is 0 Å². The van der Waals surface area contributed by atoms with E-state index in [9.17, 15) is 4.79 Å². The summed E-state index contributed by atoms with van der Waals surface area (Å²) < 4.78 is 0. The first-order valence-electron chi connectivity index (χ1n) is 5.96. The van der Waals surface area contributed by atoms with Crippen molar-refractivity contribution < 1.29 is 4.79 Å². The zero-order chi connectivity index (χ0) is 12.3. The van der Waals surface area contributed by atoms with E-state index >= 15 is 0 Å². The largest absolute Gasteiger partial charge is 0.339 e. The lowest BCUT2D eigenvalue weighted by molar-refractivity contribution is 0.0757. The molecule has 0 bridgehead atoms. The lowest BCUT2D eigenvalue weighted by atomic mass is 10.2. The van der Waals surface area contributed by atoms with Gasteiger partial charge in [0.1, 0.15) is 5.82 Å². The highest BCUT2D eigenvalue weighted by Crippen LogP contribution is 2.30. The SMILES string of the molecule is CCN(CC1CC1)C(=O)c1ccnc(NN)c1. The van der Waals surface area contributed by atoms with E-state index < -0.39 is 0 Å². The van der Waals surface area contributed by atoms with Gasteiger partial charge in [0.15, 0.2) is 0 Å². The predicted octanol–water partition coefficient (Wildman–Crippen LogP) is 1.24. The number of carbonyl (C=O) groups excluding carboxylic acids is 1. The fraction of sp³-hybridized carbons (Fsp3) is 0.500. The smallest absolute Gasteiger partial charge is 0.254 e. The second-order valence-corrected chi connectivity index (χ2v) is 4.36. The molecule has 1 aliphatic carbocycles. The minimum atomic E-state index is 0.0540. The number of pyridine rings is 1. The summed E-state index contributed by atoms with van der Waals surface area (Å²) in [5.41, 5.74) is 3.09. The normalized spacial score (nSPS) is 14.5. The summed E-state index contributed by atoms with van der Waals surface area (Å²) >= 11 is 0. The van der Waals surface area contributed by atoms with E-state index in [4.69, 9.17) is 5.84 Å². The monoisotopic (exact) mass is 234 g/mol. The van der Waals surface area contributed by atoms with Crippen LogP contribution in [0.5, 0.6) is 0 Å². The number of hydrogen-bond acceptors (Lipinski definition) is 4. The molecule has 1 fully saturated rings. The van der Waals surface area contributed by atoms with Gasteiger partial charge in [-0.15, -0.1) is 0 Å². The number of nitrogens with one attached hydrogen (secondary N) is 1. The van der Waals surface area contributed by atoms with Gasteiger partial charge in [-0.25, -0.2) is 10.8 Å². The van der Waals surface area contributed by atoms with E-state index in [-0.39, 0.29) is 5.91 Å². The number of anilines is 1. The average molecular weight is 234 g/mol. The minimum Gasteiger partial charge on any atom is -0.339 e. The maximum absolute atomic E-state index is 12.2. The molecule has 1 heterocycles. The van der Waals surface area contributed by atoms with Gasteiger partial charge in [0, 0.05) is 24.8 Å². The molecule has 0 aromatic carbocycles. The van der Waals surface area contributed by atoms with Crippen LogP contribution in [0.15, 0.2) is 18.3 Å². The third-order valence-electron chi connectivity index (χ3n) is 3.00. The molecule has 0 saturated heterocycles. The summed E-state index contributed by atoms with van der Waals surface area (Å²) in [6, 6.07) is 3.40. The van der Waals surface area contributed by atoms with E-state index in [1.807, 2.05) is 11.8 Å². The molecule has 0 radical (unpaired) electrons. The summed E-state index contributed by atoms with van der Waals surface area (Å²) in [5, 5.41) is 0. The topological polar surface area (TPSA) is 71.2 Å². The third kappa shape index (κ3) is 2.94. The Morgan fingerprint density at radius 1 is 1.65 bits per heavy atom. The lowest BCUT2D eigenvalue weighted by Crippen LogP contribution is -2.32. The van der Waals surface area contributed by atoms with Crippen LogP contribution in [0.3, 0.4) is 0 Å². The molecule has 1 aliphatic rings. The van der Waals surface area contributed by atoms with Crippen LogP contribution in [-0.2, 0) is 0 Å². The predicted molar refractivity (Wildman–Crippen MR) is 66.3 cm³/mol. The van der Waals surface area contributed by atoms with Crippen molar-refractivity contribution in [2.45, 2.75) is 19.8 Å². The molecule has 5 nitrogen and oxygen atoms in total. The van der Waals surface area contributed by atoms with E-state index in [0.717, 1.165) is 13.1 Å². The molecule has 5 heteroatoms. The second kappa shape index (κ2) is 5.14. The fourth-order valence-electron chi connectivity index (χ4n) is 1.79. The van der Waals surface area contributed by atoms with Crippen LogP contribution in [0.25, 0.3) is 0 Å². The molecule has 0 unspecified atom stereocenters. The van der Waals surface area contributed by atoms with Crippen LogP contribution in [0.4, 0.5) is 5.82 Å². The Hall–Kier alpha value is -1.62. The number of hydrogen-bond donors (Lipinski definition) is 2. The number of aromatic nitrogens is 1. The molecule has 0 aliphatic heterocycles. The van der Waals surface area contributed by atoms with E-state index in [2.05, 4.69) is 10.4 Å². The second-order valence-electron chi connectivity index (χ2n) is 4.36. The highest BCUT2D eigenvalue weighted by atomic mass is 16.2. The molecular weight excluding hydrogens is 216 g/mol. The summed E-state index contributed by atoms with van der Waals surface area (Å²) in [4.78, 5) is 18.1. The number of carbonyl (C=O) groups is 1. The summed E-state index contributed by atoms with van der Waals surface area (Å²) in [6.45, 7) is 3.61. The van der Waals surface area contributed by atoms with Gasteiger partial charge < -0.3 is 10.3 Å². The summed E-state index contributed by atoms with van der Waals surface area (Å²) in [7, 11) is 0. The number of nitrogens with zero attached hydrogens (tertiary/aromatic N) is 2. The third-order valence-corrected chi connectivity index (χ3v) is 3.00. The first kappa shape index (κ1) is 11.9. The van der Waals surface area contributed by atoms with Gasteiger partial charge in [0.05, 0.1) is 0 Å². The zero-order valence-corrected chi connectivity index (χ0v) is 10.0. The van der Waals surface area contributed by atoms with Crippen molar-refractivity contribution in [1.29, 1.82) is 0 Å². The van der Waals surface area contributed by atoms with Gasteiger partial charge in [-0.2, -0.15) is 0 Å². The van der Waals surface area contributed by atoms with Gasteiger partial charge in [-0.05, 0) is 37.8 Å². The van der Waals surface area contributed by atoms with Gasteiger partial charge in [-0.3, -0.25) is 4.79 Å². The van der Waals surface area contributed by atoms with Crippen molar-refractivity contribution in [3.8, 4) is 0 Å². The van der Waals surface area contributed by atoms with Crippen LogP contribution >= 0.6 is 0 Å². The Kier molecular flexibility index (Phi) is 3.58. The lowest BCUT2D eigenvalue weighted by Gasteiger charge is -2.20. The Bertz CT molecular complexity index is 403. The number of amides is 1. The van der Waals surface area contributed by atoms with E-state index in [0.29, 0.717) is 17.3 Å². The molecule has 92 valence electrons. The fourth-order valence-corrected chi connectivity index (χ4v) is 1.79. The number of nitrogens with two attached hydrogens (primary N) is 1. The summed E-state index contributed by atoms with van der Waals surface area (Å²) in [6.07, 6.45) is 4.08. The van der Waals surface area contributed by atoms with Gasteiger partial charge in [0.25, 0.3) is 5.91 Å². The van der Waals surface area contributed by atoms with Crippen molar-refractivity contribution in [2.24, 2.45) is 11.8 Å². The Balaban J connectivity index is 2.09. The Morgan fingerprint density at radius 2 is 2.41 bits per heavy atom. The Labute approximate surface area is 101 Å². The van der Waals surface area contributed by atoms with E-state index in [1.165, 1.54) is 12.8 Å². The highest BCUT2D eigenvalue weighted by molar-refractivity contribution is 5.94. The molecule has 17 heavy (non-hydrogen) atoms. The zero-order valence-electron chi connectivity index (χ0n) is 10.0. The first-order chi connectivity index (χ1) is 8.24. The van der Waals surface area contributed by atoms with Gasteiger partial charge >= 0.3 is 0 Å². The van der Waals surface area contributed by atoms with Crippen molar-refractivity contribution in [3.63, 3.8) is 0 Å². The molecular formula is C12H18N4O. The van der Waals surface area contributed by atoms with Crippen LogP contribution in [0, 0.1) is 5.92 Å². The van der Waals surface area contributed by atoms with Crippen molar-refractivity contribution >= 4 is 11.7 Å². The van der Waals surface area contributed by atoms with Gasteiger partial charge in [0.2, 0.25) is 0 Å². The number of hydrazine groups is 1. The molecule has 2 rings (SSSR count). The molecule has 1 aromatic rings. The van der Waals surface area contributed by atoms with E-state index in [1.54, 1.807) is 18.3 Å². The minimum absolute atomic E-state index is 0.0540. The van der Waals surface area contributed by atoms with Crippen LogP contribution < -0.4 is 11.3 Å².